The number of aliphatic hydroxyl groups is 3. The third-order valence-corrected chi connectivity index (χ3v) is 9.45. The Balaban J connectivity index is 1.42. The number of alkyl halides is 1. The second-order valence-electron chi connectivity index (χ2n) is 13.6. The van der Waals surface area contributed by atoms with Gasteiger partial charge in [0.25, 0.3) is 0 Å². The first kappa shape index (κ1) is 37.4. The summed E-state index contributed by atoms with van der Waals surface area (Å²) >= 11 is 0. The molecule has 2 rings (SSSR count). The standard InChI is InChI=1S/C36H65FO5/c1-3-4-5-6-7-8-9-10-14-17-20-33(39)32(37)22-23-34(40)36-24-21-31(42-36)19-16-13-11-12-15-18-30(38)27-29-25-28(2)26-35(29)41/h25,28,30-34,36,38-40H,3-24,26-27H2,1-2H3/t28-,30+,31+,32?,33+,34-,36-/m0/s1/i37-1. The fourth-order valence-electron chi connectivity index (χ4n) is 6.70. The molecule has 42 heavy (non-hydrogen) atoms. The number of aliphatic hydroxyl groups excluding tert-OH is 3. The van der Waals surface area contributed by atoms with Crippen LogP contribution in [0.4, 0.5) is 4.39 Å². The summed E-state index contributed by atoms with van der Waals surface area (Å²) in [6.07, 6.45) is 22.0. The Bertz CT molecular complexity index is 728. The highest BCUT2D eigenvalue weighted by Crippen LogP contribution is 2.29. The van der Waals surface area contributed by atoms with Gasteiger partial charge in [-0.25, -0.2) is 4.39 Å². The van der Waals surface area contributed by atoms with E-state index in [0.717, 1.165) is 76.2 Å². The number of carbonyl (C=O) groups excluding carboxylic acids is 1. The minimum Gasteiger partial charge on any atom is -0.393 e. The number of Topliss-reactive ketones (excluding diaryl/α,β-unsaturated/α-hetero) is 1. The van der Waals surface area contributed by atoms with Crippen molar-refractivity contribution in [2.75, 3.05) is 0 Å². The van der Waals surface area contributed by atoms with Crippen LogP contribution in [0, 0.1) is 5.92 Å². The fraction of sp³-hybridized carbons (Fsp3) is 0.917. The second-order valence-corrected chi connectivity index (χ2v) is 13.6. The molecule has 0 bridgehead atoms. The number of carbonyl (C=O) groups is 1. The first-order valence-electron chi connectivity index (χ1n) is 17.9. The third-order valence-electron chi connectivity index (χ3n) is 9.45. The highest BCUT2D eigenvalue weighted by molar-refractivity contribution is 5.97. The van der Waals surface area contributed by atoms with Gasteiger partial charge in [0.1, 0.15) is 6.17 Å². The van der Waals surface area contributed by atoms with Crippen LogP contribution in [0.15, 0.2) is 11.6 Å². The van der Waals surface area contributed by atoms with Crippen molar-refractivity contribution in [1.29, 1.82) is 0 Å². The van der Waals surface area contributed by atoms with Gasteiger partial charge in [0.15, 0.2) is 5.78 Å². The van der Waals surface area contributed by atoms with Crippen molar-refractivity contribution in [3.63, 3.8) is 0 Å². The molecule has 1 saturated heterocycles. The summed E-state index contributed by atoms with van der Waals surface area (Å²) in [5.74, 6) is 0.512. The van der Waals surface area contributed by atoms with E-state index in [1.165, 1.54) is 51.4 Å². The summed E-state index contributed by atoms with van der Waals surface area (Å²) in [6, 6.07) is 0. The molecule has 0 aromatic carbocycles. The Morgan fingerprint density at radius 3 is 2.02 bits per heavy atom. The van der Waals surface area contributed by atoms with Crippen LogP contribution in [-0.2, 0) is 9.53 Å². The summed E-state index contributed by atoms with van der Waals surface area (Å²) in [5.41, 5.74) is 0.816. The number of unbranched alkanes of at least 4 members (excludes halogenated alkanes) is 13. The summed E-state index contributed by atoms with van der Waals surface area (Å²) in [5, 5.41) is 31.1. The zero-order valence-corrected chi connectivity index (χ0v) is 27.1. The van der Waals surface area contributed by atoms with Crippen molar-refractivity contribution in [2.45, 2.75) is 205 Å². The minimum atomic E-state index is -1.28. The van der Waals surface area contributed by atoms with E-state index in [4.69, 9.17) is 4.74 Å². The van der Waals surface area contributed by atoms with Gasteiger partial charge in [-0.15, -0.1) is 0 Å². The second kappa shape index (κ2) is 22.7. The van der Waals surface area contributed by atoms with Crippen LogP contribution in [0.5, 0.6) is 0 Å². The number of hydrogen-bond acceptors (Lipinski definition) is 5. The van der Waals surface area contributed by atoms with Gasteiger partial charge in [0.05, 0.1) is 30.5 Å². The number of halogens is 1. The first-order valence-corrected chi connectivity index (χ1v) is 17.9. The smallest absolute Gasteiger partial charge is 0.159 e. The van der Waals surface area contributed by atoms with Crippen molar-refractivity contribution in [3.05, 3.63) is 11.6 Å². The van der Waals surface area contributed by atoms with Crippen LogP contribution in [0.2, 0.25) is 0 Å². The normalized spacial score (nSPS) is 23.7. The highest BCUT2D eigenvalue weighted by Gasteiger charge is 2.31. The molecule has 0 amide bonds. The number of hydrogen-bond donors (Lipinski definition) is 3. The Kier molecular flexibility index (Phi) is 20.2. The quantitative estimate of drug-likeness (QED) is 0.0871. The largest absolute Gasteiger partial charge is 0.393 e. The predicted octanol–water partition coefficient (Wildman–Crippen LogP) is 8.70. The molecule has 246 valence electrons. The number of ketones is 1. The van der Waals surface area contributed by atoms with E-state index in [-0.39, 0.29) is 24.4 Å². The molecular weight excluding hydrogens is 530 g/mol. The average molecular weight is 596 g/mol. The summed E-state index contributed by atoms with van der Waals surface area (Å²) < 4.78 is 20.6. The molecule has 7 atom stereocenters. The summed E-state index contributed by atoms with van der Waals surface area (Å²) in [4.78, 5) is 11.9. The van der Waals surface area contributed by atoms with Gasteiger partial charge < -0.3 is 20.1 Å². The van der Waals surface area contributed by atoms with E-state index >= 15 is 0 Å². The number of allylic oxidation sites excluding steroid dienone is 1. The first-order chi connectivity index (χ1) is 20.3. The molecule has 0 radical (unpaired) electrons. The van der Waals surface area contributed by atoms with Gasteiger partial charge in [0.2, 0.25) is 0 Å². The molecule has 1 aliphatic heterocycles. The van der Waals surface area contributed by atoms with E-state index in [1.807, 2.05) is 13.0 Å². The fourth-order valence-corrected chi connectivity index (χ4v) is 6.70. The monoisotopic (exact) mass is 595 g/mol. The van der Waals surface area contributed by atoms with Crippen LogP contribution in [0.3, 0.4) is 0 Å². The van der Waals surface area contributed by atoms with Gasteiger partial charge in [-0.1, -0.05) is 116 Å². The molecule has 2 aliphatic rings. The van der Waals surface area contributed by atoms with Crippen LogP contribution >= 0.6 is 0 Å². The Labute approximate surface area is 257 Å². The molecule has 1 unspecified atom stereocenters. The lowest BCUT2D eigenvalue weighted by molar-refractivity contribution is -0.115. The maximum absolute atomic E-state index is 14.5. The zero-order valence-electron chi connectivity index (χ0n) is 27.1. The molecule has 5 nitrogen and oxygen atoms in total. The van der Waals surface area contributed by atoms with E-state index in [0.29, 0.717) is 31.6 Å². The SMILES string of the molecule is CCCCCCCCCCCC[C@@H](O)C([18F])CC[C@H](O)[C@@H]1CC[C@@H](CCCCCCC[C@@H](O)CC2=C[C@H](C)CC2=O)O1. The van der Waals surface area contributed by atoms with E-state index in [2.05, 4.69) is 6.92 Å². The lowest BCUT2D eigenvalue weighted by Gasteiger charge is -2.21. The molecule has 0 saturated carbocycles. The van der Waals surface area contributed by atoms with Crippen molar-refractivity contribution >= 4 is 5.78 Å². The average Bonchev–Trinajstić information content (AvgIpc) is 3.57. The lowest BCUT2D eigenvalue weighted by Crippen LogP contribution is -2.29. The molecule has 1 aliphatic carbocycles. The minimum absolute atomic E-state index is 0.175. The topological polar surface area (TPSA) is 87.0 Å². The van der Waals surface area contributed by atoms with E-state index in [9.17, 15) is 24.5 Å². The van der Waals surface area contributed by atoms with Gasteiger partial charge in [0, 0.05) is 12.8 Å². The van der Waals surface area contributed by atoms with Gasteiger partial charge in [-0.2, -0.15) is 0 Å². The number of ether oxygens (including phenoxy) is 1. The van der Waals surface area contributed by atoms with Gasteiger partial charge >= 0.3 is 0 Å². The third kappa shape index (κ3) is 16.3. The Morgan fingerprint density at radius 2 is 1.40 bits per heavy atom. The molecule has 1 fully saturated rings. The zero-order chi connectivity index (χ0) is 30.6. The number of rotatable bonds is 26. The van der Waals surface area contributed by atoms with Crippen LogP contribution < -0.4 is 0 Å². The lowest BCUT2D eigenvalue weighted by atomic mass is 9.98. The van der Waals surface area contributed by atoms with Gasteiger partial charge in [-0.05, 0) is 56.4 Å². The summed E-state index contributed by atoms with van der Waals surface area (Å²) in [7, 11) is 0. The van der Waals surface area contributed by atoms with E-state index in [1.54, 1.807) is 0 Å². The molecule has 0 aromatic heterocycles. The molecule has 1 heterocycles. The van der Waals surface area contributed by atoms with Crippen molar-refractivity contribution in [2.24, 2.45) is 5.92 Å². The maximum Gasteiger partial charge on any atom is 0.159 e. The van der Waals surface area contributed by atoms with Gasteiger partial charge in [-0.3, -0.25) is 4.79 Å². The molecule has 0 spiro atoms. The summed E-state index contributed by atoms with van der Waals surface area (Å²) in [6.45, 7) is 4.29. The Hall–Kier alpha value is -0.820. The predicted molar refractivity (Wildman–Crippen MR) is 170 cm³/mol. The Morgan fingerprint density at radius 1 is 0.810 bits per heavy atom. The molecular formula is C36H65FO5. The van der Waals surface area contributed by atoms with Crippen molar-refractivity contribution < 1.29 is 29.2 Å². The van der Waals surface area contributed by atoms with Crippen LogP contribution in [0.1, 0.15) is 168 Å². The molecule has 6 heteroatoms. The molecule has 3 N–H and O–H groups in total. The van der Waals surface area contributed by atoms with Crippen molar-refractivity contribution in [1.82, 2.24) is 0 Å². The van der Waals surface area contributed by atoms with Crippen LogP contribution in [0.25, 0.3) is 0 Å². The highest BCUT2D eigenvalue weighted by atomic mass is 18.2. The van der Waals surface area contributed by atoms with Crippen LogP contribution in [-0.4, -0.2) is 57.8 Å². The molecule has 0 aromatic rings. The van der Waals surface area contributed by atoms with Crippen molar-refractivity contribution in [3.8, 4) is 0 Å². The van der Waals surface area contributed by atoms with E-state index < -0.39 is 24.5 Å². The maximum atomic E-state index is 14.5.